The van der Waals surface area contributed by atoms with Crippen molar-refractivity contribution in [1.82, 2.24) is 5.32 Å². The van der Waals surface area contributed by atoms with Gasteiger partial charge in [-0.1, -0.05) is 19.8 Å². The van der Waals surface area contributed by atoms with Crippen LogP contribution in [0.25, 0.3) is 0 Å². The molecule has 1 aromatic rings. The first-order chi connectivity index (χ1) is 10.2. The van der Waals surface area contributed by atoms with Gasteiger partial charge >= 0.3 is 0 Å². The van der Waals surface area contributed by atoms with Crippen LogP contribution >= 0.6 is 0 Å². The van der Waals surface area contributed by atoms with E-state index in [4.69, 9.17) is 9.47 Å². The van der Waals surface area contributed by atoms with Gasteiger partial charge in [-0.3, -0.25) is 0 Å². The van der Waals surface area contributed by atoms with Crippen molar-refractivity contribution < 1.29 is 9.47 Å². The Kier molecular flexibility index (Phi) is 4.39. The molecule has 116 valence electrons. The largest absolute Gasteiger partial charge is 0.493 e. The van der Waals surface area contributed by atoms with Gasteiger partial charge in [-0.15, -0.1) is 0 Å². The number of nitrogens with one attached hydrogen (secondary N) is 1. The summed E-state index contributed by atoms with van der Waals surface area (Å²) in [5, 5.41) is 3.76. The van der Waals surface area contributed by atoms with Gasteiger partial charge in [-0.25, -0.2) is 0 Å². The molecule has 1 heterocycles. The van der Waals surface area contributed by atoms with Crippen LogP contribution in [0.4, 0.5) is 0 Å². The smallest absolute Gasteiger partial charge is 0.161 e. The average Bonchev–Trinajstić information content (AvgIpc) is 2.52. The van der Waals surface area contributed by atoms with E-state index in [0.29, 0.717) is 6.04 Å². The van der Waals surface area contributed by atoms with E-state index in [1.54, 1.807) is 14.2 Å². The Hall–Kier alpha value is -1.22. The standard InChI is InChI=1S/C18H27NO2/c1-12-5-4-6-14(9-12)18-15-11-17(21-3)16(20-2)10-13(15)7-8-19-18/h10-12,14,18-19H,4-9H2,1-3H3. The predicted octanol–water partition coefficient (Wildman–Crippen LogP) is 3.72. The van der Waals surface area contributed by atoms with E-state index in [1.165, 1.54) is 36.8 Å². The quantitative estimate of drug-likeness (QED) is 0.920. The molecule has 3 unspecified atom stereocenters. The Morgan fingerprint density at radius 3 is 2.57 bits per heavy atom. The fourth-order valence-electron chi connectivity index (χ4n) is 4.12. The zero-order valence-electron chi connectivity index (χ0n) is 13.4. The summed E-state index contributed by atoms with van der Waals surface area (Å²) in [5.74, 6) is 3.32. The lowest BCUT2D eigenvalue weighted by Crippen LogP contribution is -2.36. The van der Waals surface area contributed by atoms with E-state index >= 15 is 0 Å². The van der Waals surface area contributed by atoms with Gasteiger partial charge in [-0.2, -0.15) is 0 Å². The van der Waals surface area contributed by atoms with Crippen molar-refractivity contribution in [3.05, 3.63) is 23.3 Å². The first-order valence-corrected chi connectivity index (χ1v) is 8.21. The third kappa shape index (κ3) is 2.89. The summed E-state index contributed by atoms with van der Waals surface area (Å²) in [6.07, 6.45) is 6.52. The number of benzene rings is 1. The van der Waals surface area contributed by atoms with E-state index in [0.717, 1.165) is 36.3 Å². The SMILES string of the molecule is COc1cc2c(cc1OC)C(C1CCCC(C)C1)NCC2. The molecule has 0 amide bonds. The molecule has 1 aliphatic carbocycles. The number of rotatable bonds is 3. The van der Waals surface area contributed by atoms with Crippen molar-refractivity contribution in [2.75, 3.05) is 20.8 Å². The second-order valence-electron chi connectivity index (χ2n) is 6.62. The molecular formula is C18H27NO2. The summed E-state index contributed by atoms with van der Waals surface area (Å²) in [7, 11) is 3.43. The molecule has 3 atom stereocenters. The van der Waals surface area contributed by atoms with Gasteiger partial charge in [0.05, 0.1) is 14.2 Å². The number of hydrogen-bond donors (Lipinski definition) is 1. The number of hydrogen-bond acceptors (Lipinski definition) is 3. The Morgan fingerprint density at radius 2 is 1.86 bits per heavy atom. The molecule has 2 aliphatic rings. The molecule has 1 aromatic carbocycles. The molecule has 1 saturated carbocycles. The van der Waals surface area contributed by atoms with Crippen LogP contribution in [0.5, 0.6) is 11.5 Å². The van der Waals surface area contributed by atoms with Gasteiger partial charge in [0, 0.05) is 6.04 Å². The monoisotopic (exact) mass is 289 g/mol. The van der Waals surface area contributed by atoms with Crippen LogP contribution in [0.15, 0.2) is 12.1 Å². The summed E-state index contributed by atoms with van der Waals surface area (Å²) in [5.41, 5.74) is 2.85. The molecule has 1 fully saturated rings. The highest BCUT2D eigenvalue weighted by Gasteiger charge is 2.31. The summed E-state index contributed by atoms with van der Waals surface area (Å²) >= 11 is 0. The second-order valence-corrected chi connectivity index (χ2v) is 6.62. The van der Waals surface area contributed by atoms with Crippen LogP contribution in [0.1, 0.15) is 49.8 Å². The Morgan fingerprint density at radius 1 is 1.10 bits per heavy atom. The molecule has 0 saturated heterocycles. The summed E-state index contributed by atoms with van der Waals surface area (Å²) in [6, 6.07) is 4.86. The second kappa shape index (κ2) is 6.27. The van der Waals surface area contributed by atoms with Crippen molar-refractivity contribution >= 4 is 0 Å². The summed E-state index contributed by atoms with van der Waals surface area (Å²) in [6.45, 7) is 3.46. The van der Waals surface area contributed by atoms with E-state index in [-0.39, 0.29) is 0 Å². The molecule has 3 heteroatoms. The van der Waals surface area contributed by atoms with Gasteiger partial charge < -0.3 is 14.8 Å². The molecule has 0 aromatic heterocycles. The molecule has 1 aliphatic heterocycles. The van der Waals surface area contributed by atoms with Gasteiger partial charge in [0.25, 0.3) is 0 Å². The van der Waals surface area contributed by atoms with Crippen LogP contribution in [0, 0.1) is 11.8 Å². The minimum Gasteiger partial charge on any atom is -0.493 e. The molecule has 3 rings (SSSR count). The van der Waals surface area contributed by atoms with Crippen LogP contribution in [-0.4, -0.2) is 20.8 Å². The highest BCUT2D eigenvalue weighted by molar-refractivity contribution is 5.49. The normalized spacial score (nSPS) is 28.8. The topological polar surface area (TPSA) is 30.5 Å². The maximum atomic E-state index is 5.51. The van der Waals surface area contributed by atoms with E-state index < -0.39 is 0 Å². The number of ether oxygens (including phenoxy) is 2. The maximum Gasteiger partial charge on any atom is 0.161 e. The average molecular weight is 289 g/mol. The maximum absolute atomic E-state index is 5.51. The van der Waals surface area contributed by atoms with Crippen molar-refractivity contribution in [2.45, 2.75) is 45.1 Å². The molecule has 0 radical (unpaired) electrons. The highest BCUT2D eigenvalue weighted by Crippen LogP contribution is 2.42. The molecular weight excluding hydrogens is 262 g/mol. The fourth-order valence-corrected chi connectivity index (χ4v) is 4.12. The molecule has 21 heavy (non-hydrogen) atoms. The Balaban J connectivity index is 1.93. The van der Waals surface area contributed by atoms with Crippen molar-refractivity contribution in [1.29, 1.82) is 0 Å². The highest BCUT2D eigenvalue weighted by atomic mass is 16.5. The third-order valence-electron chi connectivity index (χ3n) is 5.19. The zero-order valence-corrected chi connectivity index (χ0v) is 13.4. The fraction of sp³-hybridized carbons (Fsp3) is 0.667. The van der Waals surface area contributed by atoms with E-state index in [9.17, 15) is 0 Å². The van der Waals surface area contributed by atoms with Crippen LogP contribution in [0.3, 0.4) is 0 Å². The summed E-state index contributed by atoms with van der Waals surface area (Å²) < 4.78 is 11.0. The van der Waals surface area contributed by atoms with Gasteiger partial charge in [0.1, 0.15) is 0 Å². The number of fused-ring (bicyclic) bond motifs is 1. The molecule has 1 N–H and O–H groups in total. The van der Waals surface area contributed by atoms with Gasteiger partial charge in [0.2, 0.25) is 0 Å². The third-order valence-corrected chi connectivity index (χ3v) is 5.19. The number of methoxy groups -OCH3 is 2. The van der Waals surface area contributed by atoms with Crippen LogP contribution < -0.4 is 14.8 Å². The lowest BCUT2D eigenvalue weighted by atomic mass is 9.75. The zero-order chi connectivity index (χ0) is 14.8. The molecule has 0 spiro atoms. The Bertz CT molecular complexity index is 500. The lowest BCUT2D eigenvalue weighted by Gasteiger charge is -2.37. The van der Waals surface area contributed by atoms with Gasteiger partial charge in [-0.05, 0) is 60.9 Å². The van der Waals surface area contributed by atoms with Crippen molar-refractivity contribution in [3.8, 4) is 11.5 Å². The lowest BCUT2D eigenvalue weighted by molar-refractivity contribution is 0.218. The van der Waals surface area contributed by atoms with E-state index in [2.05, 4.69) is 24.4 Å². The Labute approximate surface area is 128 Å². The van der Waals surface area contributed by atoms with Crippen molar-refractivity contribution in [3.63, 3.8) is 0 Å². The first kappa shape index (κ1) is 14.7. The van der Waals surface area contributed by atoms with Crippen molar-refractivity contribution in [2.24, 2.45) is 11.8 Å². The van der Waals surface area contributed by atoms with Gasteiger partial charge in [0.15, 0.2) is 11.5 Å². The minimum atomic E-state index is 0.483. The van der Waals surface area contributed by atoms with Crippen LogP contribution in [-0.2, 0) is 6.42 Å². The molecule has 0 bridgehead atoms. The summed E-state index contributed by atoms with van der Waals surface area (Å²) in [4.78, 5) is 0. The predicted molar refractivity (Wildman–Crippen MR) is 85.1 cm³/mol. The van der Waals surface area contributed by atoms with Crippen LogP contribution in [0.2, 0.25) is 0 Å². The minimum absolute atomic E-state index is 0.483. The first-order valence-electron chi connectivity index (χ1n) is 8.21. The van der Waals surface area contributed by atoms with E-state index in [1.807, 2.05) is 0 Å². The molecule has 3 nitrogen and oxygen atoms in total.